The van der Waals surface area contributed by atoms with Gasteiger partial charge in [0.05, 0.1) is 5.41 Å². The van der Waals surface area contributed by atoms with Gasteiger partial charge < -0.3 is 5.32 Å². The van der Waals surface area contributed by atoms with E-state index >= 15 is 0 Å². The first-order valence-corrected chi connectivity index (χ1v) is 13.2. The number of hydrogen-bond acceptors (Lipinski definition) is 1. The third-order valence-corrected chi connectivity index (χ3v) is 8.26. The Kier molecular flexibility index (Phi) is 4.50. The first-order chi connectivity index (χ1) is 18.8. The maximum absolute atomic E-state index is 3.94. The minimum atomic E-state index is -0.421. The van der Waals surface area contributed by atoms with Gasteiger partial charge in [0, 0.05) is 16.9 Å². The molecule has 0 saturated heterocycles. The molecule has 0 fully saturated rings. The lowest BCUT2D eigenvalue weighted by Crippen LogP contribution is -2.33. The topological polar surface area (TPSA) is 12.0 Å². The van der Waals surface area contributed by atoms with Crippen LogP contribution in [0.1, 0.15) is 22.3 Å². The van der Waals surface area contributed by atoms with Crippen molar-refractivity contribution in [1.29, 1.82) is 0 Å². The van der Waals surface area contributed by atoms with Crippen molar-refractivity contribution in [2.24, 2.45) is 5.41 Å². The maximum atomic E-state index is 3.94. The predicted molar refractivity (Wildman–Crippen MR) is 160 cm³/mol. The van der Waals surface area contributed by atoms with E-state index in [4.69, 9.17) is 0 Å². The van der Waals surface area contributed by atoms with Crippen molar-refractivity contribution in [3.05, 3.63) is 173 Å². The number of benzene rings is 4. The number of allylic oxidation sites excluding steroid dienone is 7. The molecule has 8 rings (SSSR count). The molecule has 38 heavy (non-hydrogen) atoms. The van der Waals surface area contributed by atoms with Gasteiger partial charge >= 0.3 is 0 Å². The van der Waals surface area contributed by atoms with E-state index in [0.29, 0.717) is 0 Å². The molecule has 1 atom stereocenters. The quantitative estimate of drug-likeness (QED) is 0.306. The molecule has 0 saturated carbocycles. The predicted octanol–water partition coefficient (Wildman–Crippen LogP) is 9.18. The Hall–Kier alpha value is -4.88. The number of hydrogen-bond donors (Lipinski definition) is 1. The van der Waals surface area contributed by atoms with Gasteiger partial charge in [0.1, 0.15) is 0 Å². The molecule has 1 nitrogen and oxygen atoms in total. The number of fused-ring (bicyclic) bond motifs is 8. The van der Waals surface area contributed by atoms with Crippen molar-refractivity contribution in [1.82, 2.24) is 0 Å². The highest BCUT2D eigenvalue weighted by molar-refractivity contribution is 6.06. The Morgan fingerprint density at radius 2 is 1.08 bits per heavy atom. The van der Waals surface area contributed by atoms with Crippen molar-refractivity contribution in [2.75, 3.05) is 5.32 Å². The molecule has 1 unspecified atom stereocenters. The van der Waals surface area contributed by atoms with Gasteiger partial charge in [-0.1, -0.05) is 121 Å². The molecule has 0 bridgehead atoms. The Labute approximate surface area is 223 Å². The highest BCUT2D eigenvalue weighted by atomic mass is 14.9. The van der Waals surface area contributed by atoms with Crippen molar-refractivity contribution in [3.63, 3.8) is 0 Å². The molecule has 0 radical (unpaired) electrons. The molecule has 0 heterocycles. The summed E-state index contributed by atoms with van der Waals surface area (Å²) in [4.78, 5) is 0. The normalized spacial score (nSPS) is 19.8. The van der Waals surface area contributed by atoms with Crippen LogP contribution in [0.2, 0.25) is 0 Å². The van der Waals surface area contributed by atoms with Crippen LogP contribution in [0.15, 0.2) is 150 Å². The lowest BCUT2D eigenvalue weighted by atomic mass is 9.63. The molecule has 4 aromatic rings. The van der Waals surface area contributed by atoms with Crippen LogP contribution >= 0.6 is 0 Å². The number of para-hydroxylation sites is 1. The first-order valence-electron chi connectivity index (χ1n) is 13.2. The molecule has 1 spiro atoms. The van der Waals surface area contributed by atoms with Crippen molar-refractivity contribution in [2.45, 2.75) is 0 Å². The largest absolute Gasteiger partial charge is 0.357 e. The minimum absolute atomic E-state index is 0.421. The van der Waals surface area contributed by atoms with Crippen LogP contribution in [0, 0.1) is 5.41 Å². The lowest BCUT2D eigenvalue weighted by molar-refractivity contribution is 0.701. The van der Waals surface area contributed by atoms with Gasteiger partial charge in [-0.3, -0.25) is 0 Å². The van der Waals surface area contributed by atoms with Gasteiger partial charge in [0.25, 0.3) is 0 Å². The fraction of sp³-hybridized carbons (Fsp3) is 0.0270. The summed E-state index contributed by atoms with van der Waals surface area (Å²) < 4.78 is 0. The molecule has 4 aliphatic carbocycles. The van der Waals surface area contributed by atoms with Crippen LogP contribution in [0.3, 0.4) is 0 Å². The zero-order chi connectivity index (χ0) is 25.1. The van der Waals surface area contributed by atoms with Crippen LogP contribution in [0.4, 0.5) is 5.69 Å². The molecule has 1 N–H and O–H groups in total. The fourth-order valence-corrected chi connectivity index (χ4v) is 6.54. The summed E-state index contributed by atoms with van der Waals surface area (Å²) in [7, 11) is 0. The summed E-state index contributed by atoms with van der Waals surface area (Å²) in [6, 6.07) is 36.8. The van der Waals surface area contributed by atoms with Crippen LogP contribution in [-0.2, 0) is 0 Å². The standard InChI is InChI=1S/C37H25N/c1-2-11-25(12-3-1)30-17-8-9-19-35(30)38-36-21-20-32-29-16-7-5-14-27(29)24-34(32)37(36)22-10-18-31-28-15-6-4-13-26(28)23-33(31)37/h1-24,38H. The summed E-state index contributed by atoms with van der Waals surface area (Å²) in [5.74, 6) is 0. The average Bonchev–Trinajstić information content (AvgIpc) is 3.55. The van der Waals surface area contributed by atoms with Crippen molar-refractivity contribution >= 4 is 29.0 Å². The van der Waals surface area contributed by atoms with Crippen LogP contribution in [0.5, 0.6) is 0 Å². The zero-order valence-corrected chi connectivity index (χ0v) is 20.9. The van der Waals surface area contributed by atoms with Crippen LogP contribution < -0.4 is 5.32 Å². The monoisotopic (exact) mass is 483 g/mol. The SMILES string of the molecule is C1=CC2(C(Nc3ccccc3-c3ccccc3)=CC=C3C2=Cc2ccccc23)C2=Cc3ccccc3C2=C1. The van der Waals surface area contributed by atoms with Gasteiger partial charge in [-0.05, 0) is 74.4 Å². The van der Waals surface area contributed by atoms with E-state index in [2.05, 4.69) is 151 Å². The van der Waals surface area contributed by atoms with Crippen LogP contribution in [0.25, 0.3) is 34.4 Å². The van der Waals surface area contributed by atoms with Gasteiger partial charge in [-0.25, -0.2) is 0 Å². The van der Waals surface area contributed by atoms with E-state index < -0.39 is 5.41 Å². The number of nitrogens with one attached hydrogen (secondary N) is 1. The summed E-state index contributed by atoms with van der Waals surface area (Å²) in [6.07, 6.45) is 16.3. The van der Waals surface area contributed by atoms with Crippen LogP contribution in [-0.4, -0.2) is 0 Å². The van der Waals surface area contributed by atoms with E-state index in [-0.39, 0.29) is 0 Å². The Bertz CT molecular complexity index is 1800. The molecular formula is C37H25N. The highest BCUT2D eigenvalue weighted by Gasteiger charge is 2.48. The smallest absolute Gasteiger partial charge is 0.0798 e. The van der Waals surface area contributed by atoms with E-state index in [1.807, 2.05) is 0 Å². The Morgan fingerprint density at radius 3 is 1.79 bits per heavy atom. The Morgan fingerprint density at radius 1 is 0.500 bits per heavy atom. The third kappa shape index (κ3) is 2.93. The summed E-state index contributed by atoms with van der Waals surface area (Å²) in [5.41, 5.74) is 14.7. The second-order valence-corrected chi connectivity index (χ2v) is 10.2. The zero-order valence-electron chi connectivity index (χ0n) is 20.9. The highest BCUT2D eigenvalue weighted by Crippen LogP contribution is 2.61. The average molecular weight is 484 g/mol. The molecule has 4 aliphatic rings. The van der Waals surface area contributed by atoms with Gasteiger partial charge in [0.2, 0.25) is 0 Å². The van der Waals surface area contributed by atoms with E-state index in [1.54, 1.807) is 0 Å². The molecule has 178 valence electrons. The van der Waals surface area contributed by atoms with Crippen molar-refractivity contribution < 1.29 is 0 Å². The maximum Gasteiger partial charge on any atom is 0.0798 e. The molecule has 4 aromatic carbocycles. The summed E-state index contributed by atoms with van der Waals surface area (Å²) in [6.45, 7) is 0. The summed E-state index contributed by atoms with van der Waals surface area (Å²) >= 11 is 0. The Balaban J connectivity index is 1.34. The van der Waals surface area contributed by atoms with Gasteiger partial charge in [-0.2, -0.15) is 0 Å². The minimum Gasteiger partial charge on any atom is -0.357 e. The fourth-order valence-electron chi connectivity index (χ4n) is 6.54. The molecule has 0 aromatic heterocycles. The van der Waals surface area contributed by atoms with E-state index in [0.717, 1.165) is 5.69 Å². The lowest BCUT2D eigenvalue weighted by Gasteiger charge is -2.42. The van der Waals surface area contributed by atoms with Gasteiger partial charge in [0.15, 0.2) is 0 Å². The molecule has 0 amide bonds. The second kappa shape index (κ2) is 8.06. The number of anilines is 1. The first kappa shape index (κ1) is 21.2. The third-order valence-electron chi connectivity index (χ3n) is 8.26. The summed E-state index contributed by atoms with van der Waals surface area (Å²) in [5, 5.41) is 3.94. The van der Waals surface area contributed by atoms with E-state index in [9.17, 15) is 0 Å². The molecule has 0 aliphatic heterocycles. The molecule has 1 heteroatoms. The number of rotatable bonds is 3. The second-order valence-electron chi connectivity index (χ2n) is 10.2. The molecular weight excluding hydrogens is 458 g/mol. The van der Waals surface area contributed by atoms with Crippen molar-refractivity contribution in [3.8, 4) is 11.1 Å². The van der Waals surface area contributed by atoms with Gasteiger partial charge in [-0.15, -0.1) is 0 Å². The van der Waals surface area contributed by atoms with E-state index in [1.165, 1.54) is 61.4 Å².